The van der Waals surface area contributed by atoms with Gasteiger partial charge in [0.2, 0.25) is 0 Å². The van der Waals surface area contributed by atoms with Crippen molar-refractivity contribution in [2.24, 2.45) is 12.9 Å². The number of hydrogen-bond donors (Lipinski definition) is 3. The lowest BCUT2D eigenvalue weighted by molar-refractivity contribution is 0.517. The van der Waals surface area contributed by atoms with E-state index in [1.54, 1.807) is 12.4 Å². The van der Waals surface area contributed by atoms with Crippen LogP contribution in [0.25, 0.3) is 0 Å². The second-order valence-corrected chi connectivity index (χ2v) is 3.27. The largest absolute Gasteiger partial charge is 0.338 e. The SMILES string of the molecule is Cn1ccnc1CC(NN)c1cn[nH]n1. The molecule has 0 radical (unpaired) electrons. The monoisotopic (exact) mass is 207 g/mol. The predicted octanol–water partition coefficient (Wildman–Crippen LogP) is -0.715. The zero-order valence-corrected chi connectivity index (χ0v) is 8.38. The van der Waals surface area contributed by atoms with Crippen molar-refractivity contribution in [3.8, 4) is 0 Å². The van der Waals surface area contributed by atoms with Crippen LogP contribution in [0.1, 0.15) is 17.6 Å². The van der Waals surface area contributed by atoms with E-state index < -0.39 is 0 Å². The molecule has 0 aliphatic carbocycles. The molecular formula is C8H13N7. The minimum Gasteiger partial charge on any atom is -0.338 e. The Morgan fingerprint density at radius 2 is 2.53 bits per heavy atom. The molecule has 1 unspecified atom stereocenters. The van der Waals surface area contributed by atoms with Crippen molar-refractivity contribution in [3.05, 3.63) is 30.1 Å². The first-order chi connectivity index (χ1) is 7.31. The molecule has 2 rings (SSSR count). The maximum absolute atomic E-state index is 5.46. The molecule has 0 aliphatic rings. The number of aromatic amines is 1. The molecule has 1 atom stereocenters. The number of rotatable bonds is 4. The smallest absolute Gasteiger partial charge is 0.110 e. The summed E-state index contributed by atoms with van der Waals surface area (Å²) in [5.41, 5.74) is 3.47. The zero-order chi connectivity index (χ0) is 10.7. The van der Waals surface area contributed by atoms with Crippen LogP contribution in [0.2, 0.25) is 0 Å². The molecule has 0 fully saturated rings. The molecule has 0 saturated heterocycles. The van der Waals surface area contributed by atoms with Crippen LogP contribution in [-0.4, -0.2) is 25.0 Å². The van der Waals surface area contributed by atoms with Crippen LogP contribution in [0.4, 0.5) is 0 Å². The topological polar surface area (TPSA) is 97.4 Å². The van der Waals surface area contributed by atoms with Crippen LogP contribution < -0.4 is 11.3 Å². The van der Waals surface area contributed by atoms with Crippen molar-refractivity contribution < 1.29 is 0 Å². The Labute approximate surface area is 86.7 Å². The lowest BCUT2D eigenvalue weighted by Gasteiger charge is -2.12. The highest BCUT2D eigenvalue weighted by atomic mass is 15.3. The fourth-order valence-electron chi connectivity index (χ4n) is 1.40. The van der Waals surface area contributed by atoms with E-state index in [2.05, 4.69) is 25.8 Å². The Morgan fingerprint density at radius 3 is 3.07 bits per heavy atom. The van der Waals surface area contributed by atoms with Crippen molar-refractivity contribution in [2.75, 3.05) is 0 Å². The Balaban J connectivity index is 2.13. The summed E-state index contributed by atoms with van der Waals surface area (Å²) in [7, 11) is 1.94. The predicted molar refractivity (Wildman–Crippen MR) is 53.4 cm³/mol. The molecular weight excluding hydrogens is 194 g/mol. The molecule has 7 heteroatoms. The van der Waals surface area contributed by atoms with Crippen molar-refractivity contribution in [3.63, 3.8) is 0 Å². The summed E-state index contributed by atoms with van der Waals surface area (Å²) in [4.78, 5) is 4.22. The molecule has 2 aromatic rings. The van der Waals surface area contributed by atoms with Crippen molar-refractivity contribution in [1.82, 2.24) is 30.4 Å². The highest BCUT2D eigenvalue weighted by Crippen LogP contribution is 2.12. The van der Waals surface area contributed by atoms with E-state index in [-0.39, 0.29) is 6.04 Å². The number of nitrogens with one attached hydrogen (secondary N) is 2. The minimum atomic E-state index is -0.0788. The number of aryl methyl sites for hydroxylation is 1. The van der Waals surface area contributed by atoms with E-state index in [1.807, 2.05) is 17.8 Å². The summed E-state index contributed by atoms with van der Waals surface area (Å²) in [6.07, 6.45) is 5.97. The molecule has 0 amide bonds. The summed E-state index contributed by atoms with van der Waals surface area (Å²) in [6.45, 7) is 0. The first-order valence-corrected chi connectivity index (χ1v) is 4.59. The van der Waals surface area contributed by atoms with Crippen LogP contribution in [0, 0.1) is 0 Å². The van der Waals surface area contributed by atoms with Gasteiger partial charge in [-0.05, 0) is 0 Å². The van der Waals surface area contributed by atoms with Gasteiger partial charge in [-0.15, -0.1) is 0 Å². The molecule has 80 valence electrons. The zero-order valence-electron chi connectivity index (χ0n) is 8.38. The number of hydrogen-bond acceptors (Lipinski definition) is 5. The summed E-state index contributed by atoms with van der Waals surface area (Å²) in [5, 5.41) is 10.3. The summed E-state index contributed by atoms with van der Waals surface area (Å²) >= 11 is 0. The molecule has 0 aliphatic heterocycles. The third kappa shape index (κ3) is 2.03. The number of nitrogens with zero attached hydrogens (tertiary/aromatic N) is 4. The average molecular weight is 207 g/mol. The number of H-pyrrole nitrogens is 1. The van der Waals surface area contributed by atoms with Gasteiger partial charge in [0.15, 0.2) is 0 Å². The number of nitrogens with two attached hydrogens (primary N) is 1. The van der Waals surface area contributed by atoms with E-state index in [1.165, 1.54) is 0 Å². The van der Waals surface area contributed by atoms with Gasteiger partial charge in [-0.1, -0.05) is 0 Å². The van der Waals surface area contributed by atoms with Gasteiger partial charge in [-0.3, -0.25) is 11.3 Å². The van der Waals surface area contributed by atoms with Gasteiger partial charge in [0.1, 0.15) is 11.5 Å². The number of imidazole rings is 1. The van der Waals surface area contributed by atoms with Gasteiger partial charge in [-0.25, -0.2) is 4.98 Å². The Hall–Kier alpha value is -1.73. The Bertz CT molecular complexity index is 404. The number of aromatic nitrogens is 5. The average Bonchev–Trinajstić information content (AvgIpc) is 2.86. The highest BCUT2D eigenvalue weighted by Gasteiger charge is 2.15. The van der Waals surface area contributed by atoms with Crippen molar-refractivity contribution in [2.45, 2.75) is 12.5 Å². The molecule has 0 aromatic carbocycles. The fraction of sp³-hybridized carbons (Fsp3) is 0.375. The summed E-state index contributed by atoms with van der Waals surface area (Å²) < 4.78 is 1.95. The maximum atomic E-state index is 5.46. The van der Waals surface area contributed by atoms with Gasteiger partial charge < -0.3 is 4.57 Å². The van der Waals surface area contributed by atoms with Crippen molar-refractivity contribution >= 4 is 0 Å². The van der Waals surface area contributed by atoms with Gasteiger partial charge in [-0.2, -0.15) is 15.4 Å². The first-order valence-electron chi connectivity index (χ1n) is 4.59. The first kappa shape index (κ1) is 9.81. The van der Waals surface area contributed by atoms with Crippen LogP contribution in [-0.2, 0) is 13.5 Å². The third-order valence-electron chi connectivity index (χ3n) is 2.30. The molecule has 15 heavy (non-hydrogen) atoms. The molecule has 2 aromatic heterocycles. The third-order valence-corrected chi connectivity index (χ3v) is 2.30. The van der Waals surface area contributed by atoms with Crippen LogP contribution >= 0.6 is 0 Å². The Kier molecular flexibility index (Phi) is 2.75. The summed E-state index contributed by atoms with van der Waals surface area (Å²) in [5.74, 6) is 6.41. The lowest BCUT2D eigenvalue weighted by Crippen LogP contribution is -2.30. The molecule has 4 N–H and O–H groups in total. The van der Waals surface area contributed by atoms with E-state index in [4.69, 9.17) is 5.84 Å². The van der Waals surface area contributed by atoms with E-state index in [9.17, 15) is 0 Å². The molecule has 2 heterocycles. The van der Waals surface area contributed by atoms with E-state index in [0.29, 0.717) is 6.42 Å². The van der Waals surface area contributed by atoms with Crippen LogP contribution in [0.3, 0.4) is 0 Å². The second-order valence-electron chi connectivity index (χ2n) is 3.27. The quantitative estimate of drug-likeness (QED) is 0.454. The van der Waals surface area contributed by atoms with E-state index >= 15 is 0 Å². The lowest BCUT2D eigenvalue weighted by atomic mass is 10.1. The van der Waals surface area contributed by atoms with Gasteiger partial charge in [0, 0.05) is 25.9 Å². The molecule has 7 nitrogen and oxygen atoms in total. The van der Waals surface area contributed by atoms with Gasteiger partial charge in [0.25, 0.3) is 0 Å². The minimum absolute atomic E-state index is 0.0788. The highest BCUT2D eigenvalue weighted by molar-refractivity contribution is 5.04. The van der Waals surface area contributed by atoms with Gasteiger partial charge in [0.05, 0.1) is 12.2 Å². The second kappa shape index (κ2) is 4.20. The van der Waals surface area contributed by atoms with Crippen molar-refractivity contribution in [1.29, 1.82) is 0 Å². The standard InChI is InChI=1S/C8H13N7/c1-15-3-2-10-8(15)4-6(12-9)7-5-11-14-13-7/h2-3,5-6,12H,4,9H2,1H3,(H,11,13,14). The fourth-order valence-corrected chi connectivity index (χ4v) is 1.40. The van der Waals surface area contributed by atoms with E-state index in [0.717, 1.165) is 11.5 Å². The summed E-state index contributed by atoms with van der Waals surface area (Å²) in [6, 6.07) is -0.0788. The number of hydrazine groups is 1. The Morgan fingerprint density at radius 1 is 1.67 bits per heavy atom. The molecule has 0 saturated carbocycles. The van der Waals surface area contributed by atoms with Gasteiger partial charge >= 0.3 is 0 Å². The molecule has 0 spiro atoms. The maximum Gasteiger partial charge on any atom is 0.110 e. The van der Waals surface area contributed by atoms with Crippen LogP contribution in [0.5, 0.6) is 0 Å². The molecule has 0 bridgehead atoms. The van der Waals surface area contributed by atoms with Crippen LogP contribution in [0.15, 0.2) is 18.6 Å². The normalized spacial score (nSPS) is 12.9.